The molecule has 1 unspecified atom stereocenters. The number of nitrogens with one attached hydrogen (secondary N) is 1. The molecule has 5 rings (SSSR count). The third kappa shape index (κ3) is 8.12. The van der Waals surface area contributed by atoms with Gasteiger partial charge in [-0.25, -0.2) is 4.98 Å². The number of hydrogen-bond acceptors (Lipinski definition) is 5. The molecule has 0 bridgehead atoms. The van der Waals surface area contributed by atoms with Gasteiger partial charge in [0.05, 0.1) is 5.56 Å². The van der Waals surface area contributed by atoms with E-state index in [0.717, 1.165) is 72.4 Å². The number of likely N-dealkylation sites (tertiary alicyclic amines) is 1. The summed E-state index contributed by atoms with van der Waals surface area (Å²) in [5.41, 5.74) is 5.56. The van der Waals surface area contributed by atoms with E-state index in [2.05, 4.69) is 27.1 Å². The molecule has 6 nitrogen and oxygen atoms in total. The van der Waals surface area contributed by atoms with Crippen molar-refractivity contribution < 1.29 is 22.7 Å². The zero-order chi connectivity index (χ0) is 32.8. The number of carbonyl (C=O) groups excluding carboxylic acids is 1. The highest BCUT2D eigenvalue weighted by molar-refractivity contribution is 5.97. The van der Waals surface area contributed by atoms with Crippen LogP contribution in [0, 0.1) is 26.7 Å². The second kappa shape index (κ2) is 14.5. The summed E-state index contributed by atoms with van der Waals surface area (Å²) >= 11 is 0. The quantitative estimate of drug-likeness (QED) is 0.192. The van der Waals surface area contributed by atoms with Crippen LogP contribution >= 0.6 is 0 Å². The summed E-state index contributed by atoms with van der Waals surface area (Å²) in [6.07, 6.45) is 1.18. The monoisotopic (exact) mass is 630 g/mol. The molecule has 1 N–H and O–H groups in total. The number of aromatic nitrogens is 2. The molecule has 1 saturated heterocycles. The number of amides is 1. The van der Waals surface area contributed by atoms with Crippen LogP contribution in [0.4, 0.5) is 13.2 Å². The summed E-state index contributed by atoms with van der Waals surface area (Å²) < 4.78 is 46.1. The standard InChI is InChI=1S/C37H41F3N4O2/c1-24-22-31(28-13-17-41-18-14-28)23-25(2)34(24)36(45)42-19-12-27(4)44-20-15-30(16-21-44)35(46-33-7-5-6-26(3)43-33)29-8-10-32(11-9-29)37(38,39)40/h5-11,13-14,17-18,22-23,27,30,35H,12,15-16,19-21H2,1-4H3,(H,42,45)/t27-,35?/m0/s1. The number of ether oxygens (including phenoxy) is 1. The maximum absolute atomic E-state index is 13.2. The van der Waals surface area contributed by atoms with E-state index in [1.165, 1.54) is 12.1 Å². The van der Waals surface area contributed by atoms with Crippen LogP contribution in [0.15, 0.2) is 79.1 Å². The van der Waals surface area contributed by atoms with Crippen molar-refractivity contribution in [2.45, 2.75) is 65.3 Å². The maximum Gasteiger partial charge on any atom is 0.416 e. The smallest absolute Gasteiger partial charge is 0.416 e. The Morgan fingerprint density at radius 3 is 2.22 bits per heavy atom. The molecule has 1 aliphatic rings. The Labute approximate surface area is 269 Å². The molecule has 46 heavy (non-hydrogen) atoms. The summed E-state index contributed by atoms with van der Waals surface area (Å²) in [4.78, 5) is 24.2. The van der Waals surface area contributed by atoms with Gasteiger partial charge in [0, 0.05) is 48.2 Å². The molecule has 0 saturated carbocycles. The van der Waals surface area contributed by atoms with Crippen LogP contribution in [-0.2, 0) is 6.18 Å². The molecule has 2 aromatic heterocycles. The topological polar surface area (TPSA) is 67.3 Å². The number of carbonyl (C=O) groups is 1. The Morgan fingerprint density at radius 2 is 1.61 bits per heavy atom. The van der Waals surface area contributed by atoms with Crippen LogP contribution < -0.4 is 10.1 Å². The van der Waals surface area contributed by atoms with Crippen molar-refractivity contribution in [1.29, 1.82) is 0 Å². The van der Waals surface area contributed by atoms with E-state index in [9.17, 15) is 18.0 Å². The number of nitrogens with zero attached hydrogens (tertiary/aromatic N) is 3. The number of rotatable bonds is 10. The first-order valence-electron chi connectivity index (χ1n) is 15.8. The van der Waals surface area contributed by atoms with Crippen molar-refractivity contribution in [2.75, 3.05) is 19.6 Å². The van der Waals surface area contributed by atoms with E-state index in [4.69, 9.17) is 4.74 Å². The van der Waals surface area contributed by atoms with E-state index in [1.54, 1.807) is 18.5 Å². The molecule has 2 atom stereocenters. The largest absolute Gasteiger partial charge is 0.469 e. The first-order chi connectivity index (χ1) is 22.0. The third-order valence-corrected chi connectivity index (χ3v) is 8.92. The van der Waals surface area contributed by atoms with Gasteiger partial charge in [0.15, 0.2) is 0 Å². The minimum absolute atomic E-state index is 0.0662. The Hall–Kier alpha value is -4.24. The van der Waals surface area contributed by atoms with E-state index < -0.39 is 17.8 Å². The number of alkyl halides is 3. The molecule has 3 heterocycles. The van der Waals surface area contributed by atoms with Gasteiger partial charge in [0.25, 0.3) is 5.91 Å². The van der Waals surface area contributed by atoms with Gasteiger partial charge in [0.1, 0.15) is 6.10 Å². The number of aryl methyl sites for hydroxylation is 3. The lowest BCUT2D eigenvalue weighted by Gasteiger charge is -2.39. The molecule has 1 aliphatic heterocycles. The van der Waals surface area contributed by atoms with Crippen LogP contribution in [0.3, 0.4) is 0 Å². The highest BCUT2D eigenvalue weighted by Gasteiger charge is 2.33. The van der Waals surface area contributed by atoms with Crippen LogP contribution in [0.25, 0.3) is 11.1 Å². The minimum atomic E-state index is -4.39. The summed E-state index contributed by atoms with van der Waals surface area (Å²) in [7, 11) is 0. The average Bonchev–Trinajstić information content (AvgIpc) is 3.03. The average molecular weight is 631 g/mol. The second-order valence-electron chi connectivity index (χ2n) is 12.3. The lowest BCUT2D eigenvalue weighted by atomic mass is 9.86. The molecular weight excluding hydrogens is 589 g/mol. The zero-order valence-electron chi connectivity index (χ0n) is 26.8. The molecule has 4 aromatic rings. The number of halogens is 3. The van der Waals surface area contributed by atoms with Gasteiger partial charge in [-0.3, -0.25) is 9.78 Å². The fourth-order valence-corrected chi connectivity index (χ4v) is 6.37. The highest BCUT2D eigenvalue weighted by atomic mass is 19.4. The zero-order valence-corrected chi connectivity index (χ0v) is 26.8. The molecule has 0 radical (unpaired) electrons. The predicted molar refractivity (Wildman–Crippen MR) is 174 cm³/mol. The van der Waals surface area contributed by atoms with E-state index in [0.29, 0.717) is 23.6 Å². The first kappa shape index (κ1) is 33.1. The Morgan fingerprint density at radius 1 is 0.957 bits per heavy atom. The van der Waals surface area contributed by atoms with Crippen molar-refractivity contribution in [3.63, 3.8) is 0 Å². The Kier molecular flexibility index (Phi) is 10.4. The van der Waals surface area contributed by atoms with Gasteiger partial charge < -0.3 is 15.0 Å². The summed E-state index contributed by atoms with van der Waals surface area (Å²) in [5.74, 6) is 0.515. The summed E-state index contributed by atoms with van der Waals surface area (Å²) in [6, 6.07) is 19.1. The van der Waals surface area contributed by atoms with E-state index in [-0.39, 0.29) is 17.9 Å². The molecule has 9 heteroatoms. The van der Waals surface area contributed by atoms with Gasteiger partial charge in [-0.05, 0) is 118 Å². The fourth-order valence-electron chi connectivity index (χ4n) is 6.37. The van der Waals surface area contributed by atoms with Gasteiger partial charge in [-0.1, -0.05) is 30.3 Å². The lowest BCUT2D eigenvalue weighted by molar-refractivity contribution is -0.137. The van der Waals surface area contributed by atoms with Crippen LogP contribution in [0.2, 0.25) is 0 Å². The van der Waals surface area contributed by atoms with Crippen molar-refractivity contribution in [1.82, 2.24) is 20.2 Å². The van der Waals surface area contributed by atoms with Gasteiger partial charge >= 0.3 is 6.18 Å². The van der Waals surface area contributed by atoms with Crippen molar-refractivity contribution in [3.8, 4) is 17.0 Å². The lowest BCUT2D eigenvalue weighted by Crippen LogP contribution is -2.43. The van der Waals surface area contributed by atoms with E-state index in [1.807, 2.05) is 57.2 Å². The number of benzene rings is 2. The number of hydrogen-bond donors (Lipinski definition) is 1. The number of pyridine rings is 2. The molecule has 1 amide bonds. The Balaban J connectivity index is 1.17. The predicted octanol–water partition coefficient (Wildman–Crippen LogP) is 8.13. The van der Waals surface area contributed by atoms with Crippen molar-refractivity contribution in [3.05, 3.63) is 113 Å². The minimum Gasteiger partial charge on any atom is -0.469 e. The van der Waals surface area contributed by atoms with Gasteiger partial charge in [-0.15, -0.1) is 0 Å². The molecule has 0 aliphatic carbocycles. The third-order valence-electron chi connectivity index (χ3n) is 8.92. The second-order valence-corrected chi connectivity index (χ2v) is 12.3. The van der Waals surface area contributed by atoms with Gasteiger partial charge in [0.2, 0.25) is 5.88 Å². The SMILES string of the molecule is Cc1cccc(OC(c2ccc(C(F)(F)F)cc2)C2CCN([C@@H](C)CCNC(=O)c3c(C)cc(-c4ccncc4)cc3C)CC2)n1. The van der Waals surface area contributed by atoms with Gasteiger partial charge in [-0.2, -0.15) is 13.2 Å². The highest BCUT2D eigenvalue weighted by Crippen LogP contribution is 2.37. The molecule has 1 fully saturated rings. The van der Waals surface area contributed by atoms with Crippen molar-refractivity contribution in [2.24, 2.45) is 5.92 Å². The number of piperidine rings is 1. The summed E-state index contributed by atoms with van der Waals surface area (Å²) in [5, 5.41) is 3.12. The van der Waals surface area contributed by atoms with Crippen LogP contribution in [0.5, 0.6) is 5.88 Å². The fraction of sp³-hybridized carbons (Fsp3) is 0.378. The molecule has 0 spiro atoms. The molecule has 242 valence electrons. The Bertz CT molecular complexity index is 1600. The maximum atomic E-state index is 13.2. The van der Waals surface area contributed by atoms with Crippen molar-refractivity contribution >= 4 is 5.91 Å². The normalized spacial score (nSPS) is 15.7. The van der Waals surface area contributed by atoms with E-state index >= 15 is 0 Å². The summed E-state index contributed by atoms with van der Waals surface area (Å²) in [6.45, 7) is 10.2. The van der Waals surface area contributed by atoms with Crippen LogP contribution in [-0.4, -0.2) is 46.5 Å². The molecular formula is C37H41F3N4O2. The molecule has 2 aromatic carbocycles. The first-order valence-corrected chi connectivity index (χ1v) is 15.8. The van der Waals surface area contributed by atoms with Crippen LogP contribution in [0.1, 0.15) is 70.6 Å².